The predicted molar refractivity (Wildman–Crippen MR) is 99.7 cm³/mol. The molecule has 0 spiro atoms. The van der Waals surface area contributed by atoms with E-state index in [2.05, 4.69) is 22.5 Å². The molecule has 2 heterocycles. The van der Waals surface area contributed by atoms with Gasteiger partial charge >= 0.3 is 0 Å². The fraction of sp³-hybridized carbons (Fsp3) is 0.941. The van der Waals surface area contributed by atoms with Crippen molar-refractivity contribution in [2.75, 3.05) is 19.6 Å². The lowest BCUT2D eigenvalue weighted by Gasteiger charge is -2.29. The fourth-order valence-electron chi connectivity index (χ4n) is 4.44. The highest BCUT2D eigenvalue weighted by Crippen LogP contribution is 2.33. The van der Waals surface area contributed by atoms with Gasteiger partial charge in [0.2, 0.25) is 5.91 Å². The number of piperidine rings is 1. The van der Waals surface area contributed by atoms with Gasteiger partial charge in [-0.2, -0.15) is 0 Å². The molecule has 136 valence electrons. The fourth-order valence-corrected chi connectivity index (χ4v) is 4.44. The largest absolute Gasteiger partial charge is 0.351 e. The Labute approximate surface area is 153 Å². The molecule has 2 N–H and O–H groups in total. The van der Waals surface area contributed by atoms with E-state index in [4.69, 9.17) is 0 Å². The quantitative estimate of drug-likeness (QED) is 0.804. The highest BCUT2D eigenvalue weighted by atomic mass is 35.5. The first-order valence-electron chi connectivity index (χ1n) is 9.01. The van der Waals surface area contributed by atoms with E-state index >= 15 is 0 Å². The number of hydrogen-bond acceptors (Lipinski definition) is 3. The van der Waals surface area contributed by atoms with Gasteiger partial charge in [0.25, 0.3) is 0 Å². The predicted octanol–water partition coefficient (Wildman–Crippen LogP) is 2.74. The Morgan fingerprint density at radius 3 is 2.52 bits per heavy atom. The summed E-state index contributed by atoms with van der Waals surface area (Å²) in [5, 5.41) is 6.81. The Morgan fingerprint density at radius 1 is 1.13 bits per heavy atom. The second-order valence-corrected chi connectivity index (χ2v) is 7.38. The third-order valence-corrected chi connectivity index (χ3v) is 5.55. The molecular formula is C17H33Cl2N3O. The molecule has 0 radical (unpaired) electrons. The van der Waals surface area contributed by atoms with Crippen LogP contribution in [0.5, 0.6) is 0 Å². The number of nitrogens with zero attached hydrogens (tertiary/aromatic N) is 1. The number of likely N-dealkylation sites (tertiary alicyclic amines) is 1. The van der Waals surface area contributed by atoms with Crippen molar-refractivity contribution in [2.45, 2.75) is 76.4 Å². The first-order chi connectivity index (χ1) is 10.2. The van der Waals surface area contributed by atoms with E-state index in [1.165, 1.54) is 58.0 Å². The van der Waals surface area contributed by atoms with Crippen LogP contribution in [-0.4, -0.2) is 48.6 Å². The molecule has 3 fully saturated rings. The summed E-state index contributed by atoms with van der Waals surface area (Å²) in [6.45, 7) is 5.55. The number of amides is 1. The van der Waals surface area contributed by atoms with Crippen molar-refractivity contribution in [3.05, 3.63) is 0 Å². The Hall–Kier alpha value is -0.0300. The molecule has 6 heteroatoms. The lowest BCUT2D eigenvalue weighted by molar-refractivity contribution is -0.123. The lowest BCUT2D eigenvalue weighted by atomic mass is 9.85. The number of carbonyl (C=O) groups excluding carboxylic acids is 1. The Morgan fingerprint density at radius 2 is 1.83 bits per heavy atom. The van der Waals surface area contributed by atoms with Crippen LogP contribution < -0.4 is 10.6 Å². The molecule has 1 saturated carbocycles. The molecule has 1 amide bonds. The van der Waals surface area contributed by atoms with Gasteiger partial charge in [0.15, 0.2) is 0 Å². The van der Waals surface area contributed by atoms with E-state index < -0.39 is 0 Å². The van der Waals surface area contributed by atoms with Crippen LogP contribution in [0, 0.1) is 5.92 Å². The zero-order chi connectivity index (χ0) is 14.7. The minimum Gasteiger partial charge on any atom is -0.351 e. The first-order valence-corrected chi connectivity index (χ1v) is 9.01. The topological polar surface area (TPSA) is 44.4 Å². The Kier molecular flexibility index (Phi) is 9.20. The van der Waals surface area contributed by atoms with Gasteiger partial charge in [-0.1, -0.05) is 19.3 Å². The number of hydrogen-bond donors (Lipinski definition) is 2. The van der Waals surface area contributed by atoms with Crippen molar-refractivity contribution in [2.24, 2.45) is 5.92 Å². The van der Waals surface area contributed by atoms with Crippen molar-refractivity contribution in [3.8, 4) is 0 Å². The Bertz CT molecular complexity index is 350. The van der Waals surface area contributed by atoms with Gasteiger partial charge in [0.1, 0.15) is 0 Å². The molecule has 1 aliphatic carbocycles. The number of halogens is 2. The van der Waals surface area contributed by atoms with Crippen LogP contribution in [0.3, 0.4) is 0 Å². The second-order valence-electron chi connectivity index (χ2n) is 7.38. The van der Waals surface area contributed by atoms with Crippen molar-refractivity contribution in [1.82, 2.24) is 15.5 Å². The number of fused-ring (bicyclic) bond motifs is 1. The van der Waals surface area contributed by atoms with Crippen LogP contribution in [0.25, 0.3) is 0 Å². The summed E-state index contributed by atoms with van der Waals surface area (Å²) in [5.74, 6) is 0.973. The van der Waals surface area contributed by atoms with Crippen LogP contribution >= 0.6 is 24.8 Å². The molecule has 0 aromatic heterocycles. The molecule has 3 aliphatic rings. The first kappa shape index (κ1) is 21.0. The van der Waals surface area contributed by atoms with Crippen LogP contribution in [0.2, 0.25) is 0 Å². The van der Waals surface area contributed by atoms with Gasteiger partial charge in [0.05, 0.1) is 6.04 Å². The highest BCUT2D eigenvalue weighted by molar-refractivity contribution is 5.85. The van der Waals surface area contributed by atoms with E-state index in [1.807, 2.05) is 0 Å². The molecule has 0 aromatic rings. The van der Waals surface area contributed by atoms with E-state index in [0.29, 0.717) is 6.04 Å². The second kappa shape index (κ2) is 10.1. The van der Waals surface area contributed by atoms with E-state index in [-0.39, 0.29) is 42.8 Å². The van der Waals surface area contributed by atoms with Crippen LogP contribution in [0.1, 0.15) is 58.3 Å². The van der Waals surface area contributed by atoms with Gasteiger partial charge in [-0.15, -0.1) is 24.8 Å². The van der Waals surface area contributed by atoms with Gasteiger partial charge in [0, 0.05) is 18.6 Å². The van der Waals surface area contributed by atoms with E-state index in [0.717, 1.165) is 18.9 Å². The minimum absolute atomic E-state index is 0. The van der Waals surface area contributed by atoms with Crippen molar-refractivity contribution >= 4 is 30.7 Å². The molecule has 23 heavy (non-hydrogen) atoms. The molecule has 4 atom stereocenters. The summed E-state index contributed by atoms with van der Waals surface area (Å²) in [4.78, 5) is 14.9. The monoisotopic (exact) mass is 365 g/mol. The summed E-state index contributed by atoms with van der Waals surface area (Å²) >= 11 is 0. The Balaban J connectivity index is 0.00000132. The van der Waals surface area contributed by atoms with Gasteiger partial charge < -0.3 is 15.5 Å². The van der Waals surface area contributed by atoms with E-state index in [9.17, 15) is 4.79 Å². The molecule has 2 aliphatic heterocycles. The molecule has 4 nitrogen and oxygen atoms in total. The lowest BCUT2D eigenvalue weighted by Crippen LogP contribution is -2.49. The van der Waals surface area contributed by atoms with Gasteiger partial charge in [-0.05, 0) is 58.0 Å². The van der Waals surface area contributed by atoms with Gasteiger partial charge in [-0.25, -0.2) is 0 Å². The van der Waals surface area contributed by atoms with E-state index in [1.54, 1.807) is 0 Å². The highest BCUT2D eigenvalue weighted by Gasteiger charge is 2.38. The SMILES string of the molecule is CC(CN1CCCCC1)NC(=O)C1CC2CCCCC2N1.Cl.Cl. The number of carbonyl (C=O) groups is 1. The van der Waals surface area contributed by atoms with Gasteiger partial charge in [-0.3, -0.25) is 4.79 Å². The molecule has 0 aromatic carbocycles. The minimum atomic E-state index is 0. The average molecular weight is 366 g/mol. The maximum atomic E-state index is 12.4. The smallest absolute Gasteiger partial charge is 0.237 e. The zero-order valence-corrected chi connectivity index (χ0v) is 15.9. The molecule has 2 saturated heterocycles. The third kappa shape index (κ3) is 5.77. The maximum Gasteiger partial charge on any atom is 0.237 e. The summed E-state index contributed by atoms with van der Waals surface area (Å²) in [6, 6.07) is 0.925. The molecule has 0 bridgehead atoms. The van der Waals surface area contributed by atoms with Crippen LogP contribution in [0.15, 0.2) is 0 Å². The number of rotatable bonds is 4. The molecule has 3 rings (SSSR count). The zero-order valence-electron chi connectivity index (χ0n) is 14.3. The molecular weight excluding hydrogens is 333 g/mol. The normalized spacial score (nSPS) is 32.1. The van der Waals surface area contributed by atoms with Crippen molar-refractivity contribution < 1.29 is 4.79 Å². The average Bonchev–Trinajstić information content (AvgIpc) is 2.92. The molecule has 4 unspecified atom stereocenters. The van der Waals surface area contributed by atoms with Crippen molar-refractivity contribution in [1.29, 1.82) is 0 Å². The summed E-state index contributed by atoms with van der Waals surface area (Å²) in [7, 11) is 0. The standard InChI is InChI=1S/C17H31N3O.2ClH/c1-13(12-20-9-5-2-6-10-20)18-17(21)16-11-14-7-3-4-8-15(14)19-16;;/h13-16,19H,2-12H2,1H3,(H,18,21);2*1H. The summed E-state index contributed by atoms with van der Waals surface area (Å²) in [6.07, 6.45) is 10.3. The maximum absolute atomic E-state index is 12.4. The summed E-state index contributed by atoms with van der Waals surface area (Å²) < 4.78 is 0. The van der Waals surface area contributed by atoms with Crippen LogP contribution in [0.4, 0.5) is 0 Å². The van der Waals surface area contributed by atoms with Crippen LogP contribution in [-0.2, 0) is 4.79 Å². The number of nitrogens with one attached hydrogen (secondary N) is 2. The summed E-state index contributed by atoms with van der Waals surface area (Å²) in [5.41, 5.74) is 0. The van der Waals surface area contributed by atoms with Crippen molar-refractivity contribution in [3.63, 3.8) is 0 Å². The third-order valence-electron chi connectivity index (χ3n) is 5.55.